The van der Waals surface area contributed by atoms with Crippen LogP contribution in [0.15, 0.2) is 48.7 Å². The van der Waals surface area contributed by atoms with Crippen LogP contribution in [0.1, 0.15) is 42.7 Å². The van der Waals surface area contributed by atoms with Crippen molar-refractivity contribution in [1.29, 1.82) is 0 Å². The molecule has 182 valence electrons. The van der Waals surface area contributed by atoms with Crippen molar-refractivity contribution in [1.82, 2.24) is 9.97 Å². The van der Waals surface area contributed by atoms with Gasteiger partial charge in [-0.3, -0.25) is 9.59 Å². The van der Waals surface area contributed by atoms with Crippen LogP contribution in [0.2, 0.25) is 0 Å². The van der Waals surface area contributed by atoms with Crippen molar-refractivity contribution in [3.8, 4) is 11.3 Å². The molecule has 2 aliphatic carbocycles. The molecule has 0 radical (unpaired) electrons. The molecule has 0 aliphatic heterocycles. The zero-order valence-electron chi connectivity index (χ0n) is 19.8. The number of H-pyrrole nitrogens is 1. The predicted molar refractivity (Wildman–Crippen MR) is 139 cm³/mol. The van der Waals surface area contributed by atoms with Gasteiger partial charge in [0, 0.05) is 29.6 Å². The molecule has 5 rings (SSSR count). The van der Waals surface area contributed by atoms with Gasteiger partial charge >= 0.3 is 0 Å². The maximum absolute atomic E-state index is 13.3. The third-order valence-corrected chi connectivity index (χ3v) is 7.71. The molecule has 8 heteroatoms. The van der Waals surface area contributed by atoms with E-state index in [4.69, 9.17) is 0 Å². The summed E-state index contributed by atoms with van der Waals surface area (Å²) < 4.78 is 13.3. The van der Waals surface area contributed by atoms with Gasteiger partial charge in [0.05, 0.1) is 22.9 Å². The Labute approximate surface area is 208 Å². The molecule has 1 aromatic carbocycles. The second-order valence-corrected chi connectivity index (χ2v) is 11.2. The summed E-state index contributed by atoms with van der Waals surface area (Å²) in [5.74, 6) is 0.788. The summed E-state index contributed by atoms with van der Waals surface area (Å²) in [5.41, 5.74) is 4.82. The summed E-state index contributed by atoms with van der Waals surface area (Å²) >= 11 is 1.88. The van der Waals surface area contributed by atoms with E-state index in [2.05, 4.69) is 34.4 Å². The molecule has 0 bridgehead atoms. The van der Waals surface area contributed by atoms with Gasteiger partial charge < -0.3 is 15.6 Å². The maximum atomic E-state index is 13.3. The number of Topliss-reactive ketones (excluding diaryl/α,β-unsaturated/α-hetero) is 1. The van der Waals surface area contributed by atoms with Crippen LogP contribution >= 0.6 is 11.8 Å². The van der Waals surface area contributed by atoms with Crippen LogP contribution in [0.25, 0.3) is 11.3 Å². The number of carbonyl (C=O) groups is 2. The number of nitrogens with one attached hydrogen (secondary N) is 3. The summed E-state index contributed by atoms with van der Waals surface area (Å²) in [6, 6.07) is 13.3. The first-order valence-electron chi connectivity index (χ1n) is 12.0. The molecular weight excluding hydrogens is 463 g/mol. The number of pyridine rings is 1. The van der Waals surface area contributed by atoms with E-state index in [1.54, 1.807) is 12.3 Å². The second-order valence-electron chi connectivity index (χ2n) is 9.58. The molecule has 6 nitrogen and oxygen atoms in total. The van der Waals surface area contributed by atoms with E-state index in [9.17, 15) is 14.0 Å². The van der Waals surface area contributed by atoms with Gasteiger partial charge in [0.2, 0.25) is 5.91 Å². The number of amides is 1. The summed E-state index contributed by atoms with van der Waals surface area (Å²) in [6.07, 6.45) is 2.14. The monoisotopic (exact) mass is 492 g/mol. The highest BCUT2D eigenvalue weighted by molar-refractivity contribution is 7.99. The minimum atomic E-state index is -1.07. The molecule has 3 atom stereocenters. The number of halogens is 1. The van der Waals surface area contributed by atoms with Crippen molar-refractivity contribution >= 4 is 40.6 Å². The largest absolute Gasteiger partial charge is 0.356 e. The first-order chi connectivity index (χ1) is 16.9. The van der Waals surface area contributed by atoms with Crippen molar-refractivity contribution in [3.05, 3.63) is 59.9 Å². The van der Waals surface area contributed by atoms with Gasteiger partial charge in [-0.15, -0.1) is 0 Å². The summed E-state index contributed by atoms with van der Waals surface area (Å²) in [5, 5.41) is 6.70. The zero-order valence-corrected chi connectivity index (χ0v) is 20.6. The molecule has 3 aromatic rings. The van der Waals surface area contributed by atoms with Crippen molar-refractivity contribution < 1.29 is 14.0 Å². The normalized spacial score (nSPS) is 21.0. The van der Waals surface area contributed by atoms with Gasteiger partial charge in [-0.1, -0.05) is 32.0 Å². The Balaban J connectivity index is 1.49. The number of thioether (sulfide) groups is 1. The first-order valence-corrected chi connectivity index (χ1v) is 13.1. The Hall–Kier alpha value is -3.13. The summed E-state index contributed by atoms with van der Waals surface area (Å²) in [6.45, 7) is 4.35. The molecule has 0 spiro atoms. The minimum Gasteiger partial charge on any atom is -0.356 e. The number of nitrogens with zero attached hydrogens (tertiary/aromatic N) is 1. The Morgan fingerprint density at radius 3 is 2.71 bits per heavy atom. The van der Waals surface area contributed by atoms with E-state index in [-0.39, 0.29) is 24.0 Å². The average Bonchev–Trinajstić information content (AvgIpc) is 3.46. The Kier molecular flexibility index (Phi) is 6.65. The van der Waals surface area contributed by atoms with E-state index >= 15 is 0 Å². The number of hydrogen-bond donors (Lipinski definition) is 3. The smallest absolute Gasteiger partial charge is 0.231 e. The fourth-order valence-electron chi connectivity index (χ4n) is 4.50. The SMILES string of the molecule is CC(C)SCC1CC(=O)c2c([nH]c(-c3ccnc(NC(=O)C4C[C@@H]4F)c3)c2Nc2ccccc2)C1. The molecule has 0 saturated heterocycles. The molecule has 2 unspecified atom stereocenters. The zero-order chi connectivity index (χ0) is 24.5. The summed E-state index contributed by atoms with van der Waals surface area (Å²) in [7, 11) is 0. The maximum Gasteiger partial charge on any atom is 0.231 e. The highest BCUT2D eigenvalue weighted by Gasteiger charge is 2.43. The third kappa shape index (κ3) is 5.27. The lowest BCUT2D eigenvalue weighted by atomic mass is 9.87. The lowest BCUT2D eigenvalue weighted by molar-refractivity contribution is -0.117. The standard InChI is InChI=1S/C27H29FN4O2S/c1-15(2)35-14-16-10-21-24(22(33)11-16)26(30-18-6-4-3-5-7-18)25(31-21)17-8-9-29-23(12-17)32-27(34)19-13-20(19)28/h3-9,12,15-16,19-20,30-31H,10-11,13-14H2,1-2H3,(H,29,32,34)/t16?,19?,20-/m0/s1. The van der Waals surface area contributed by atoms with Crippen molar-refractivity contribution in [2.45, 2.75) is 44.5 Å². The number of aromatic amines is 1. The van der Waals surface area contributed by atoms with Gasteiger partial charge in [0.1, 0.15) is 12.0 Å². The number of aromatic nitrogens is 2. The highest BCUT2D eigenvalue weighted by Crippen LogP contribution is 2.41. The molecule has 1 saturated carbocycles. The number of para-hydroxylation sites is 1. The average molecular weight is 493 g/mol. The molecule has 1 amide bonds. The van der Waals surface area contributed by atoms with E-state index < -0.39 is 12.1 Å². The molecule has 2 aliphatic rings. The number of hydrogen-bond acceptors (Lipinski definition) is 5. The highest BCUT2D eigenvalue weighted by atomic mass is 32.2. The predicted octanol–water partition coefficient (Wildman–Crippen LogP) is 6.00. The molecule has 2 aromatic heterocycles. The lowest BCUT2D eigenvalue weighted by Gasteiger charge is -2.22. The van der Waals surface area contributed by atoms with E-state index in [0.29, 0.717) is 23.1 Å². The Morgan fingerprint density at radius 2 is 2.00 bits per heavy atom. The molecular formula is C27H29FN4O2S. The number of fused-ring (bicyclic) bond motifs is 1. The molecule has 2 heterocycles. The van der Waals surface area contributed by atoms with E-state index in [1.165, 1.54) is 0 Å². The van der Waals surface area contributed by atoms with Crippen molar-refractivity contribution in [2.75, 3.05) is 16.4 Å². The van der Waals surface area contributed by atoms with Crippen LogP contribution in [-0.2, 0) is 11.2 Å². The van der Waals surface area contributed by atoms with E-state index in [1.807, 2.05) is 48.2 Å². The number of anilines is 3. The summed E-state index contributed by atoms with van der Waals surface area (Å²) in [4.78, 5) is 33.3. The minimum absolute atomic E-state index is 0.131. The van der Waals surface area contributed by atoms with Gasteiger partial charge in [0.25, 0.3) is 0 Å². The fourth-order valence-corrected chi connectivity index (χ4v) is 5.39. The van der Waals surface area contributed by atoms with Crippen LogP contribution in [0.5, 0.6) is 0 Å². The second kappa shape index (κ2) is 9.85. The number of alkyl halides is 1. The lowest BCUT2D eigenvalue weighted by Crippen LogP contribution is -2.22. The van der Waals surface area contributed by atoms with Gasteiger partial charge in [0.15, 0.2) is 5.78 Å². The topological polar surface area (TPSA) is 86.9 Å². The first kappa shape index (κ1) is 23.6. The van der Waals surface area contributed by atoms with Crippen LogP contribution in [-0.4, -0.2) is 38.8 Å². The Bertz CT molecular complexity index is 1240. The van der Waals surface area contributed by atoms with Crippen LogP contribution < -0.4 is 10.6 Å². The van der Waals surface area contributed by atoms with Crippen LogP contribution in [0.3, 0.4) is 0 Å². The van der Waals surface area contributed by atoms with Crippen molar-refractivity contribution in [2.24, 2.45) is 11.8 Å². The van der Waals surface area contributed by atoms with Crippen LogP contribution in [0, 0.1) is 11.8 Å². The number of benzene rings is 1. The fraction of sp³-hybridized carbons (Fsp3) is 0.370. The number of carbonyl (C=O) groups excluding carboxylic acids is 2. The van der Waals surface area contributed by atoms with Crippen LogP contribution in [0.4, 0.5) is 21.6 Å². The van der Waals surface area contributed by atoms with Gasteiger partial charge in [-0.2, -0.15) is 11.8 Å². The van der Waals surface area contributed by atoms with E-state index in [0.717, 1.165) is 40.5 Å². The molecule has 3 N–H and O–H groups in total. The van der Waals surface area contributed by atoms with Crippen molar-refractivity contribution in [3.63, 3.8) is 0 Å². The quantitative estimate of drug-likeness (QED) is 0.359. The van der Waals surface area contributed by atoms with Gasteiger partial charge in [-0.05, 0) is 54.0 Å². The van der Waals surface area contributed by atoms with Gasteiger partial charge in [-0.25, -0.2) is 9.37 Å². The Morgan fingerprint density at radius 1 is 1.23 bits per heavy atom. The number of ketones is 1. The third-order valence-electron chi connectivity index (χ3n) is 6.38. The molecule has 1 fully saturated rings. The molecule has 35 heavy (non-hydrogen) atoms. The number of rotatable bonds is 8.